The maximum Gasteiger partial charge on any atom is 0.108 e. The third-order valence-electron chi connectivity index (χ3n) is 6.53. The summed E-state index contributed by atoms with van der Waals surface area (Å²) in [6, 6.07) is 7.94. The van der Waals surface area contributed by atoms with Gasteiger partial charge in [-0.05, 0) is 37.1 Å². The van der Waals surface area contributed by atoms with Gasteiger partial charge in [0.2, 0.25) is 0 Å². The number of quaternary nitrogens is 2. The van der Waals surface area contributed by atoms with Crippen LogP contribution < -0.4 is 10.6 Å². The SMILES string of the molecule is CCCC(CC[N+](C)(C)C1CCN(c2ccc(N)c(C)c2)C1)[N+](C)(C)C. The van der Waals surface area contributed by atoms with Gasteiger partial charge in [0, 0.05) is 30.8 Å². The standard InChI is InChI=1S/C22H42N4/c1-8-9-20(25(3,4)5)13-15-26(6,7)21-12-14-24(17-21)19-10-11-22(23)18(2)16-19/h10-11,16,20-21H,8-9,12-15,17,23H2,1-7H3/q+2. The predicted octanol–water partition coefficient (Wildman–Crippen LogP) is 3.50. The second-order valence-corrected chi connectivity index (χ2v) is 9.78. The molecular weight excluding hydrogens is 320 g/mol. The fourth-order valence-electron chi connectivity index (χ4n) is 4.32. The summed E-state index contributed by atoms with van der Waals surface area (Å²) in [7, 11) is 11.9. The molecule has 148 valence electrons. The van der Waals surface area contributed by atoms with Crippen LogP contribution in [0.5, 0.6) is 0 Å². The molecule has 26 heavy (non-hydrogen) atoms. The highest BCUT2D eigenvalue weighted by molar-refractivity contribution is 5.58. The van der Waals surface area contributed by atoms with Gasteiger partial charge in [0.15, 0.2) is 0 Å². The molecule has 1 aromatic carbocycles. The van der Waals surface area contributed by atoms with Crippen LogP contribution in [-0.2, 0) is 0 Å². The predicted molar refractivity (Wildman–Crippen MR) is 115 cm³/mol. The Balaban J connectivity index is 1.98. The molecule has 1 heterocycles. The van der Waals surface area contributed by atoms with Gasteiger partial charge in [-0.15, -0.1) is 0 Å². The van der Waals surface area contributed by atoms with E-state index in [0.717, 1.165) is 33.8 Å². The second-order valence-electron chi connectivity index (χ2n) is 9.78. The van der Waals surface area contributed by atoms with Gasteiger partial charge in [-0.25, -0.2) is 0 Å². The summed E-state index contributed by atoms with van der Waals surface area (Å²) >= 11 is 0. The average Bonchev–Trinajstić information content (AvgIpc) is 3.04. The number of nitrogens with two attached hydrogens (primary N) is 1. The van der Waals surface area contributed by atoms with Gasteiger partial charge in [-0.3, -0.25) is 0 Å². The van der Waals surface area contributed by atoms with Crippen LogP contribution in [0, 0.1) is 6.92 Å². The molecule has 2 atom stereocenters. The number of likely N-dealkylation sites (N-methyl/N-ethyl adjacent to an activating group) is 1. The molecule has 4 heteroatoms. The lowest BCUT2D eigenvalue weighted by atomic mass is 10.0. The van der Waals surface area contributed by atoms with Gasteiger partial charge in [-0.2, -0.15) is 0 Å². The van der Waals surface area contributed by atoms with Gasteiger partial charge < -0.3 is 19.6 Å². The van der Waals surface area contributed by atoms with Gasteiger partial charge in [-0.1, -0.05) is 13.3 Å². The Bertz CT molecular complexity index is 588. The zero-order chi connectivity index (χ0) is 19.5. The minimum atomic E-state index is 0.711. The van der Waals surface area contributed by atoms with E-state index in [9.17, 15) is 0 Å². The second kappa shape index (κ2) is 8.18. The van der Waals surface area contributed by atoms with Crippen LogP contribution in [0.3, 0.4) is 0 Å². The van der Waals surface area contributed by atoms with Crippen molar-refractivity contribution in [1.82, 2.24) is 0 Å². The molecule has 4 nitrogen and oxygen atoms in total. The van der Waals surface area contributed by atoms with Crippen molar-refractivity contribution in [2.24, 2.45) is 0 Å². The smallest absolute Gasteiger partial charge is 0.108 e. The molecule has 1 saturated heterocycles. The number of anilines is 2. The zero-order valence-corrected chi connectivity index (χ0v) is 18.3. The first-order chi connectivity index (χ1) is 12.0. The van der Waals surface area contributed by atoms with Crippen molar-refractivity contribution in [3.8, 4) is 0 Å². The van der Waals surface area contributed by atoms with Crippen LogP contribution in [0.25, 0.3) is 0 Å². The third-order valence-corrected chi connectivity index (χ3v) is 6.53. The van der Waals surface area contributed by atoms with Gasteiger partial charge >= 0.3 is 0 Å². The molecule has 0 aliphatic carbocycles. The quantitative estimate of drug-likeness (QED) is 0.566. The van der Waals surface area contributed by atoms with Crippen LogP contribution in [0.4, 0.5) is 11.4 Å². The van der Waals surface area contributed by atoms with Crippen molar-refractivity contribution in [3.63, 3.8) is 0 Å². The molecule has 0 saturated carbocycles. The summed E-state index contributed by atoms with van der Waals surface area (Å²) in [5, 5.41) is 0. The van der Waals surface area contributed by atoms with Gasteiger partial charge in [0.1, 0.15) is 6.04 Å². The highest BCUT2D eigenvalue weighted by Crippen LogP contribution is 2.28. The van der Waals surface area contributed by atoms with Crippen LogP contribution in [-0.4, -0.2) is 75.9 Å². The highest BCUT2D eigenvalue weighted by Gasteiger charge is 2.36. The first-order valence-electron chi connectivity index (χ1n) is 10.3. The topological polar surface area (TPSA) is 29.3 Å². The van der Waals surface area contributed by atoms with E-state index in [1.54, 1.807) is 0 Å². The molecule has 2 N–H and O–H groups in total. The van der Waals surface area contributed by atoms with Crippen molar-refractivity contribution in [3.05, 3.63) is 23.8 Å². The summed E-state index contributed by atoms with van der Waals surface area (Å²) in [5.41, 5.74) is 9.39. The molecule has 0 aromatic heterocycles. The molecule has 1 fully saturated rings. The van der Waals surface area contributed by atoms with Crippen molar-refractivity contribution in [2.75, 3.05) is 65.5 Å². The lowest BCUT2D eigenvalue weighted by Gasteiger charge is -2.40. The number of hydrogen-bond acceptors (Lipinski definition) is 2. The van der Waals surface area contributed by atoms with E-state index in [2.05, 4.69) is 72.2 Å². The normalized spacial score (nSPS) is 19.8. The lowest BCUT2D eigenvalue weighted by molar-refractivity contribution is -0.926. The third kappa shape index (κ3) is 5.14. The van der Waals surface area contributed by atoms with Crippen molar-refractivity contribution in [1.29, 1.82) is 0 Å². The minimum absolute atomic E-state index is 0.711. The first-order valence-corrected chi connectivity index (χ1v) is 10.3. The highest BCUT2D eigenvalue weighted by atomic mass is 15.4. The van der Waals surface area contributed by atoms with E-state index < -0.39 is 0 Å². The summed E-state index contributed by atoms with van der Waals surface area (Å²) in [6.07, 6.45) is 5.19. The number of nitrogens with zero attached hydrogens (tertiary/aromatic N) is 3. The lowest BCUT2D eigenvalue weighted by Crippen LogP contribution is -2.53. The number of rotatable bonds is 8. The molecule has 0 radical (unpaired) electrons. The fraction of sp³-hybridized carbons (Fsp3) is 0.727. The number of aryl methyl sites for hydroxylation is 1. The van der Waals surface area contributed by atoms with E-state index in [1.807, 2.05) is 0 Å². The molecule has 2 unspecified atom stereocenters. The monoisotopic (exact) mass is 362 g/mol. The largest absolute Gasteiger partial charge is 0.399 e. The molecule has 1 aliphatic rings. The van der Waals surface area contributed by atoms with E-state index in [-0.39, 0.29) is 0 Å². The molecule has 2 rings (SSSR count). The Labute approximate surface area is 161 Å². The zero-order valence-electron chi connectivity index (χ0n) is 18.3. The van der Waals surface area contributed by atoms with Crippen LogP contribution >= 0.6 is 0 Å². The summed E-state index contributed by atoms with van der Waals surface area (Å²) in [6.45, 7) is 7.99. The summed E-state index contributed by atoms with van der Waals surface area (Å²) in [4.78, 5) is 2.54. The number of benzene rings is 1. The first kappa shape index (κ1) is 21.0. The van der Waals surface area contributed by atoms with E-state index in [1.165, 1.54) is 43.5 Å². The maximum atomic E-state index is 5.99. The van der Waals surface area contributed by atoms with E-state index in [0.29, 0.717) is 6.04 Å². The minimum Gasteiger partial charge on any atom is -0.399 e. The maximum absolute atomic E-state index is 5.99. The number of hydrogen-bond donors (Lipinski definition) is 1. The van der Waals surface area contributed by atoms with Crippen molar-refractivity contribution >= 4 is 11.4 Å². The molecule has 1 aromatic rings. The van der Waals surface area contributed by atoms with Crippen molar-refractivity contribution in [2.45, 2.75) is 51.6 Å². The van der Waals surface area contributed by atoms with Crippen LogP contribution in [0.15, 0.2) is 18.2 Å². The molecule has 1 aliphatic heterocycles. The molecule has 0 amide bonds. The Morgan fingerprint density at radius 1 is 1.15 bits per heavy atom. The summed E-state index contributed by atoms with van der Waals surface area (Å²) < 4.78 is 2.21. The fourth-order valence-corrected chi connectivity index (χ4v) is 4.32. The van der Waals surface area contributed by atoms with E-state index in [4.69, 9.17) is 5.73 Å². The Kier molecular flexibility index (Phi) is 6.62. The van der Waals surface area contributed by atoms with Gasteiger partial charge in [0.25, 0.3) is 0 Å². The van der Waals surface area contributed by atoms with Crippen molar-refractivity contribution < 1.29 is 8.97 Å². The Morgan fingerprint density at radius 3 is 2.42 bits per heavy atom. The van der Waals surface area contributed by atoms with E-state index >= 15 is 0 Å². The molecule has 0 bridgehead atoms. The molecule has 0 spiro atoms. The summed E-state index contributed by atoms with van der Waals surface area (Å²) in [5.74, 6) is 0. The molecular formula is C22H42N4+2. The Hall–Kier alpha value is -1.26. The van der Waals surface area contributed by atoms with Crippen LogP contribution in [0.1, 0.15) is 38.2 Å². The average molecular weight is 363 g/mol. The van der Waals surface area contributed by atoms with Gasteiger partial charge in [0.05, 0.1) is 54.4 Å². The number of nitrogen functional groups attached to an aromatic ring is 1. The van der Waals surface area contributed by atoms with Crippen LogP contribution in [0.2, 0.25) is 0 Å². The Morgan fingerprint density at radius 2 is 1.85 bits per heavy atom.